The van der Waals surface area contributed by atoms with Crippen LogP contribution in [0.4, 0.5) is 0 Å². The lowest BCUT2D eigenvalue weighted by Crippen LogP contribution is -2.31. The molecular weight excluding hydrogens is 326 g/mol. The van der Waals surface area contributed by atoms with Crippen LogP contribution in [0.1, 0.15) is 50.4 Å². The zero-order chi connectivity index (χ0) is 18.5. The molecule has 1 aromatic carbocycles. The predicted molar refractivity (Wildman–Crippen MR) is 101 cm³/mol. The Kier molecular flexibility index (Phi) is 6.04. The Morgan fingerprint density at radius 2 is 1.92 bits per heavy atom. The van der Waals surface area contributed by atoms with Crippen molar-refractivity contribution in [2.45, 2.75) is 52.7 Å². The number of hydrogen-bond acceptors (Lipinski definition) is 4. The fourth-order valence-electron chi connectivity index (χ4n) is 3.59. The molecule has 1 N–H and O–H groups in total. The molecule has 0 bridgehead atoms. The molecule has 1 aliphatic heterocycles. The molecule has 0 radical (unpaired) electrons. The smallest absolute Gasteiger partial charge is 0.217 e. The maximum Gasteiger partial charge on any atom is 0.217 e. The minimum absolute atomic E-state index is 0.0210. The first-order valence-electron chi connectivity index (χ1n) is 9.48. The molecule has 6 heteroatoms. The van der Waals surface area contributed by atoms with E-state index in [0.29, 0.717) is 5.92 Å². The number of hydrogen-bond donors (Lipinski definition) is 1. The van der Waals surface area contributed by atoms with Gasteiger partial charge in [-0.25, -0.2) is 0 Å². The molecule has 0 saturated carbocycles. The minimum atomic E-state index is -0.0746. The van der Waals surface area contributed by atoms with Crippen molar-refractivity contribution in [1.29, 1.82) is 0 Å². The quantitative estimate of drug-likeness (QED) is 0.865. The molecule has 1 aliphatic rings. The first-order chi connectivity index (χ1) is 12.5. The molecule has 1 atom stereocenters. The first-order valence-corrected chi connectivity index (χ1v) is 9.48. The molecule has 26 heavy (non-hydrogen) atoms. The Labute approximate surface area is 155 Å². The molecule has 2 heterocycles. The van der Waals surface area contributed by atoms with Crippen molar-refractivity contribution < 1.29 is 4.79 Å². The third-order valence-corrected chi connectivity index (χ3v) is 4.79. The topological polar surface area (TPSA) is 63.1 Å². The van der Waals surface area contributed by atoms with E-state index in [0.717, 1.165) is 50.7 Å². The Balaban J connectivity index is 1.73. The molecule has 1 unspecified atom stereocenters. The van der Waals surface area contributed by atoms with Gasteiger partial charge in [0.15, 0.2) is 5.82 Å². The van der Waals surface area contributed by atoms with Gasteiger partial charge in [0.05, 0.1) is 6.04 Å². The zero-order valence-electron chi connectivity index (χ0n) is 16.0. The molecule has 1 amide bonds. The highest BCUT2D eigenvalue weighted by molar-refractivity contribution is 5.73. The fourth-order valence-corrected chi connectivity index (χ4v) is 3.59. The molecule has 2 aromatic rings. The van der Waals surface area contributed by atoms with Crippen LogP contribution in [0.5, 0.6) is 0 Å². The van der Waals surface area contributed by atoms with Crippen molar-refractivity contribution in [2.75, 3.05) is 13.1 Å². The van der Waals surface area contributed by atoms with Gasteiger partial charge >= 0.3 is 0 Å². The number of carbonyl (C=O) groups is 1. The van der Waals surface area contributed by atoms with Crippen LogP contribution in [0.3, 0.4) is 0 Å². The summed E-state index contributed by atoms with van der Waals surface area (Å²) in [5, 5.41) is 11.9. The fraction of sp³-hybridized carbons (Fsp3) is 0.550. The number of nitrogens with zero attached hydrogens (tertiary/aromatic N) is 4. The molecule has 140 valence electrons. The SMILES string of the molecule is CC(=O)NC(CC(C)C)c1nnc2n1CCN(Cc1ccccc1)CC2. The van der Waals surface area contributed by atoms with Gasteiger partial charge in [-0.05, 0) is 17.9 Å². The third kappa shape index (κ3) is 4.69. The minimum Gasteiger partial charge on any atom is -0.346 e. The second kappa shape index (κ2) is 8.45. The maximum absolute atomic E-state index is 11.6. The van der Waals surface area contributed by atoms with E-state index in [1.165, 1.54) is 5.56 Å². The number of aromatic nitrogens is 3. The van der Waals surface area contributed by atoms with E-state index in [1.807, 2.05) is 0 Å². The summed E-state index contributed by atoms with van der Waals surface area (Å²) in [5.41, 5.74) is 1.33. The molecule has 3 rings (SSSR count). The van der Waals surface area contributed by atoms with Crippen LogP contribution in [0.25, 0.3) is 0 Å². The van der Waals surface area contributed by atoms with Crippen LogP contribution in [0.15, 0.2) is 30.3 Å². The lowest BCUT2D eigenvalue weighted by atomic mass is 10.0. The number of rotatable bonds is 6. The summed E-state index contributed by atoms with van der Waals surface area (Å²) in [6, 6.07) is 10.5. The van der Waals surface area contributed by atoms with E-state index in [2.05, 4.69) is 69.2 Å². The summed E-state index contributed by atoms with van der Waals surface area (Å²) >= 11 is 0. The Morgan fingerprint density at radius 1 is 1.15 bits per heavy atom. The van der Waals surface area contributed by atoms with Gasteiger partial charge in [-0.2, -0.15) is 0 Å². The van der Waals surface area contributed by atoms with E-state index in [4.69, 9.17) is 0 Å². The van der Waals surface area contributed by atoms with Crippen LogP contribution >= 0.6 is 0 Å². The summed E-state index contributed by atoms with van der Waals surface area (Å²) in [6.45, 7) is 9.64. The Morgan fingerprint density at radius 3 is 2.62 bits per heavy atom. The average Bonchev–Trinajstić information content (AvgIpc) is 2.90. The Hall–Kier alpha value is -2.21. The van der Waals surface area contributed by atoms with Gasteiger partial charge in [0.1, 0.15) is 5.82 Å². The number of nitrogens with one attached hydrogen (secondary N) is 1. The average molecular weight is 355 g/mol. The number of fused-ring (bicyclic) bond motifs is 1. The van der Waals surface area contributed by atoms with Crippen molar-refractivity contribution >= 4 is 5.91 Å². The predicted octanol–water partition coefficient (Wildman–Crippen LogP) is 2.56. The second-order valence-corrected chi connectivity index (χ2v) is 7.52. The summed E-state index contributed by atoms with van der Waals surface area (Å²) in [7, 11) is 0. The first kappa shape index (κ1) is 18.6. The highest BCUT2D eigenvalue weighted by Gasteiger charge is 2.25. The van der Waals surface area contributed by atoms with Crippen LogP contribution in [-0.2, 0) is 24.3 Å². The van der Waals surface area contributed by atoms with Gasteiger partial charge in [0, 0.05) is 39.5 Å². The molecule has 0 aliphatic carbocycles. The van der Waals surface area contributed by atoms with Crippen molar-refractivity contribution in [3.05, 3.63) is 47.5 Å². The van der Waals surface area contributed by atoms with E-state index in [1.54, 1.807) is 6.92 Å². The monoisotopic (exact) mass is 355 g/mol. The van der Waals surface area contributed by atoms with E-state index in [9.17, 15) is 4.79 Å². The summed E-state index contributed by atoms with van der Waals surface area (Å²) in [5.74, 6) is 2.37. The van der Waals surface area contributed by atoms with Crippen molar-refractivity contribution in [3.63, 3.8) is 0 Å². The van der Waals surface area contributed by atoms with Gasteiger partial charge in [-0.3, -0.25) is 9.69 Å². The summed E-state index contributed by atoms with van der Waals surface area (Å²) < 4.78 is 2.22. The molecule has 0 spiro atoms. The van der Waals surface area contributed by atoms with Crippen LogP contribution < -0.4 is 5.32 Å². The van der Waals surface area contributed by atoms with Gasteiger partial charge in [-0.15, -0.1) is 10.2 Å². The number of benzene rings is 1. The van der Waals surface area contributed by atoms with Crippen LogP contribution in [-0.4, -0.2) is 38.7 Å². The number of amides is 1. The molecule has 6 nitrogen and oxygen atoms in total. The largest absolute Gasteiger partial charge is 0.346 e. The molecular formula is C20H29N5O. The van der Waals surface area contributed by atoms with Crippen molar-refractivity contribution in [2.24, 2.45) is 5.92 Å². The van der Waals surface area contributed by atoms with Crippen molar-refractivity contribution in [1.82, 2.24) is 25.0 Å². The third-order valence-electron chi connectivity index (χ3n) is 4.79. The Bertz CT molecular complexity index is 725. The summed E-state index contributed by atoms with van der Waals surface area (Å²) in [4.78, 5) is 14.1. The van der Waals surface area contributed by atoms with E-state index < -0.39 is 0 Å². The lowest BCUT2D eigenvalue weighted by Gasteiger charge is -2.22. The number of carbonyl (C=O) groups excluding carboxylic acids is 1. The van der Waals surface area contributed by atoms with Crippen LogP contribution in [0.2, 0.25) is 0 Å². The van der Waals surface area contributed by atoms with E-state index in [-0.39, 0.29) is 11.9 Å². The lowest BCUT2D eigenvalue weighted by molar-refractivity contribution is -0.119. The molecule has 1 aromatic heterocycles. The normalized spacial score (nSPS) is 16.2. The molecule has 0 saturated heterocycles. The van der Waals surface area contributed by atoms with Crippen LogP contribution in [0, 0.1) is 5.92 Å². The molecule has 0 fully saturated rings. The standard InChI is InChI=1S/C20H29N5O/c1-15(2)13-18(21-16(3)26)20-23-22-19-9-10-24(11-12-25(19)20)14-17-7-5-4-6-8-17/h4-8,15,18H,9-14H2,1-3H3,(H,21,26). The van der Waals surface area contributed by atoms with Gasteiger partial charge < -0.3 is 9.88 Å². The van der Waals surface area contributed by atoms with E-state index >= 15 is 0 Å². The van der Waals surface area contributed by atoms with Gasteiger partial charge in [-0.1, -0.05) is 44.2 Å². The van der Waals surface area contributed by atoms with Gasteiger partial charge in [0.25, 0.3) is 0 Å². The second-order valence-electron chi connectivity index (χ2n) is 7.52. The van der Waals surface area contributed by atoms with Gasteiger partial charge in [0.2, 0.25) is 5.91 Å². The highest BCUT2D eigenvalue weighted by Crippen LogP contribution is 2.22. The zero-order valence-corrected chi connectivity index (χ0v) is 16.0. The van der Waals surface area contributed by atoms with Crippen molar-refractivity contribution in [3.8, 4) is 0 Å². The maximum atomic E-state index is 11.6. The summed E-state index contributed by atoms with van der Waals surface area (Å²) in [6.07, 6.45) is 1.75. The highest BCUT2D eigenvalue weighted by atomic mass is 16.1.